The lowest BCUT2D eigenvalue weighted by molar-refractivity contribution is -0.126. The van der Waals surface area contributed by atoms with E-state index in [9.17, 15) is 9.59 Å². The van der Waals surface area contributed by atoms with Crippen LogP contribution in [-0.2, 0) is 17.8 Å². The Bertz CT molecular complexity index is 1040. The van der Waals surface area contributed by atoms with E-state index in [1.165, 1.54) is 0 Å². The summed E-state index contributed by atoms with van der Waals surface area (Å²) in [4.78, 5) is 28.3. The van der Waals surface area contributed by atoms with Crippen LogP contribution in [-0.4, -0.2) is 23.3 Å². The second-order valence-corrected chi connectivity index (χ2v) is 8.20. The lowest BCUT2D eigenvalue weighted by Gasteiger charge is -2.36. The molecular weight excluding hydrogens is 475 g/mol. The number of benzene rings is 3. The first-order chi connectivity index (χ1) is 14.1. The maximum absolute atomic E-state index is 13.4. The zero-order chi connectivity index (χ0) is 20.2. The minimum absolute atomic E-state index is 0.107. The topological polar surface area (TPSA) is 49.4 Å². The van der Waals surface area contributed by atoms with Crippen molar-refractivity contribution in [3.63, 3.8) is 0 Å². The molecule has 1 atom stereocenters. The molecular formula is C24H21IN2O2. The van der Waals surface area contributed by atoms with Gasteiger partial charge in [0.2, 0.25) is 5.91 Å². The summed E-state index contributed by atoms with van der Waals surface area (Å²) >= 11 is 2.17. The average molecular weight is 496 g/mol. The van der Waals surface area contributed by atoms with Gasteiger partial charge in [-0.3, -0.25) is 9.59 Å². The number of nitrogens with zero attached hydrogens (tertiary/aromatic N) is 1. The molecule has 3 aromatic carbocycles. The number of amides is 2. The number of fused-ring (bicyclic) bond motifs is 1. The number of hydrogen-bond acceptors (Lipinski definition) is 2. The Morgan fingerprint density at radius 3 is 2.41 bits per heavy atom. The van der Waals surface area contributed by atoms with Crippen LogP contribution in [0.2, 0.25) is 0 Å². The lowest BCUT2D eigenvalue weighted by atomic mass is 9.91. The molecule has 2 amide bonds. The Labute approximate surface area is 184 Å². The van der Waals surface area contributed by atoms with Crippen molar-refractivity contribution in [3.05, 3.63) is 105 Å². The minimum Gasteiger partial charge on any atom is -0.350 e. The molecule has 3 aromatic rings. The third kappa shape index (κ3) is 4.19. The molecule has 5 heteroatoms. The van der Waals surface area contributed by atoms with Crippen LogP contribution in [0.3, 0.4) is 0 Å². The summed E-state index contributed by atoms with van der Waals surface area (Å²) in [6.45, 7) is 0.952. The maximum Gasteiger partial charge on any atom is 0.255 e. The van der Waals surface area contributed by atoms with Gasteiger partial charge in [-0.1, -0.05) is 66.7 Å². The van der Waals surface area contributed by atoms with Gasteiger partial charge in [-0.15, -0.1) is 0 Å². The molecule has 1 unspecified atom stereocenters. The number of hydrogen-bond donors (Lipinski definition) is 1. The van der Waals surface area contributed by atoms with Crippen molar-refractivity contribution >= 4 is 34.4 Å². The van der Waals surface area contributed by atoms with Gasteiger partial charge >= 0.3 is 0 Å². The molecule has 0 aromatic heterocycles. The van der Waals surface area contributed by atoms with E-state index in [1.54, 1.807) is 4.90 Å². The van der Waals surface area contributed by atoms with Crippen LogP contribution in [0.25, 0.3) is 0 Å². The highest BCUT2D eigenvalue weighted by atomic mass is 127. The minimum atomic E-state index is -0.632. The fourth-order valence-corrected chi connectivity index (χ4v) is 4.36. The van der Waals surface area contributed by atoms with Gasteiger partial charge in [0.25, 0.3) is 5.91 Å². The first-order valence-electron chi connectivity index (χ1n) is 9.60. The van der Waals surface area contributed by atoms with E-state index in [1.807, 2.05) is 78.9 Å². The zero-order valence-electron chi connectivity index (χ0n) is 15.8. The standard InChI is InChI=1S/C24H21IN2O2/c25-21-13-7-6-12-20(21)24(29)27-15-14-18-10-4-5-11-19(18)22(27)23(28)26-16-17-8-2-1-3-9-17/h1-13,22H,14-16H2,(H,26,28). The highest BCUT2D eigenvalue weighted by Gasteiger charge is 2.36. The van der Waals surface area contributed by atoms with Crippen molar-refractivity contribution in [2.75, 3.05) is 6.54 Å². The highest BCUT2D eigenvalue weighted by molar-refractivity contribution is 14.1. The fourth-order valence-electron chi connectivity index (χ4n) is 3.74. The van der Waals surface area contributed by atoms with Crippen molar-refractivity contribution in [1.82, 2.24) is 10.2 Å². The first-order valence-corrected chi connectivity index (χ1v) is 10.7. The molecule has 1 aliphatic heterocycles. The third-order valence-corrected chi connectivity index (χ3v) is 6.15. The molecule has 0 radical (unpaired) electrons. The van der Waals surface area contributed by atoms with E-state index in [-0.39, 0.29) is 11.8 Å². The Hall–Kier alpha value is -2.67. The molecule has 0 bridgehead atoms. The Kier molecular flexibility index (Phi) is 5.94. The summed E-state index contributed by atoms with van der Waals surface area (Å²) in [5, 5.41) is 3.03. The molecule has 4 nitrogen and oxygen atoms in total. The van der Waals surface area contributed by atoms with Crippen LogP contribution >= 0.6 is 22.6 Å². The molecule has 0 spiro atoms. The van der Waals surface area contributed by atoms with Crippen LogP contribution in [0.1, 0.15) is 33.1 Å². The maximum atomic E-state index is 13.4. The first kappa shape index (κ1) is 19.6. The summed E-state index contributed by atoms with van der Waals surface area (Å²) in [6.07, 6.45) is 0.744. The van der Waals surface area contributed by atoms with Crippen molar-refractivity contribution in [3.8, 4) is 0 Å². The van der Waals surface area contributed by atoms with Gasteiger partial charge in [-0.2, -0.15) is 0 Å². The molecule has 0 saturated heterocycles. The largest absolute Gasteiger partial charge is 0.350 e. The summed E-state index contributed by atoms with van der Waals surface area (Å²) in [5.41, 5.74) is 3.69. The molecule has 1 N–H and O–H groups in total. The second-order valence-electron chi connectivity index (χ2n) is 7.03. The van der Waals surface area contributed by atoms with Crippen LogP contribution in [0, 0.1) is 3.57 Å². The summed E-state index contributed by atoms with van der Waals surface area (Å²) in [5.74, 6) is -0.260. The SMILES string of the molecule is O=C(NCc1ccccc1)C1c2ccccc2CCN1C(=O)c1ccccc1I. The molecule has 1 heterocycles. The zero-order valence-corrected chi connectivity index (χ0v) is 18.0. The Morgan fingerprint density at radius 2 is 1.62 bits per heavy atom. The van der Waals surface area contributed by atoms with Crippen molar-refractivity contribution in [2.45, 2.75) is 19.0 Å². The average Bonchev–Trinajstić information content (AvgIpc) is 2.77. The smallest absolute Gasteiger partial charge is 0.255 e. The molecule has 0 saturated carbocycles. The van der Waals surface area contributed by atoms with Gasteiger partial charge in [-0.25, -0.2) is 0 Å². The highest BCUT2D eigenvalue weighted by Crippen LogP contribution is 2.32. The molecule has 0 fully saturated rings. The molecule has 29 heavy (non-hydrogen) atoms. The molecule has 1 aliphatic rings. The molecule has 146 valence electrons. The van der Waals surface area contributed by atoms with E-state index in [2.05, 4.69) is 27.9 Å². The lowest BCUT2D eigenvalue weighted by Crippen LogP contribution is -2.47. The van der Waals surface area contributed by atoms with Gasteiger partial charge < -0.3 is 10.2 Å². The van der Waals surface area contributed by atoms with E-state index in [0.29, 0.717) is 18.7 Å². The van der Waals surface area contributed by atoms with Gasteiger partial charge in [0.15, 0.2) is 0 Å². The van der Waals surface area contributed by atoms with Crippen LogP contribution in [0.5, 0.6) is 0 Å². The van der Waals surface area contributed by atoms with Gasteiger partial charge in [0, 0.05) is 16.7 Å². The third-order valence-electron chi connectivity index (χ3n) is 5.21. The second kappa shape index (κ2) is 8.78. The van der Waals surface area contributed by atoms with Crippen molar-refractivity contribution < 1.29 is 9.59 Å². The van der Waals surface area contributed by atoms with Gasteiger partial charge in [0.05, 0.1) is 5.56 Å². The van der Waals surface area contributed by atoms with E-state index in [4.69, 9.17) is 0 Å². The van der Waals surface area contributed by atoms with E-state index < -0.39 is 6.04 Å². The number of rotatable bonds is 4. The number of halogens is 1. The molecule has 0 aliphatic carbocycles. The normalized spacial score (nSPS) is 15.5. The number of carbonyl (C=O) groups is 2. The Balaban J connectivity index is 1.64. The van der Waals surface area contributed by atoms with E-state index in [0.717, 1.165) is 26.7 Å². The predicted octanol–water partition coefficient (Wildman–Crippen LogP) is 4.35. The summed E-state index contributed by atoms with van der Waals surface area (Å²) in [6, 6.07) is 24.6. The monoisotopic (exact) mass is 496 g/mol. The van der Waals surface area contributed by atoms with Crippen molar-refractivity contribution in [1.29, 1.82) is 0 Å². The van der Waals surface area contributed by atoms with Crippen molar-refractivity contribution in [2.24, 2.45) is 0 Å². The van der Waals surface area contributed by atoms with Crippen LogP contribution in [0.15, 0.2) is 78.9 Å². The fraction of sp³-hybridized carbons (Fsp3) is 0.167. The number of carbonyl (C=O) groups excluding carboxylic acids is 2. The Morgan fingerprint density at radius 1 is 0.931 bits per heavy atom. The van der Waals surface area contributed by atoms with Crippen LogP contribution < -0.4 is 5.32 Å². The van der Waals surface area contributed by atoms with Crippen LogP contribution in [0.4, 0.5) is 0 Å². The predicted molar refractivity (Wildman–Crippen MR) is 121 cm³/mol. The molecule has 4 rings (SSSR count). The summed E-state index contributed by atoms with van der Waals surface area (Å²) in [7, 11) is 0. The quantitative estimate of drug-likeness (QED) is 0.547. The summed E-state index contributed by atoms with van der Waals surface area (Å²) < 4.78 is 0.886. The number of nitrogens with one attached hydrogen (secondary N) is 1. The van der Waals surface area contributed by atoms with Gasteiger partial charge in [-0.05, 0) is 57.8 Å². The van der Waals surface area contributed by atoms with E-state index >= 15 is 0 Å². The van der Waals surface area contributed by atoms with Gasteiger partial charge in [0.1, 0.15) is 6.04 Å².